The SMILES string of the molecule is C#CCCCC(NCC)C(OC)C(C)C. The fourth-order valence-corrected chi connectivity index (χ4v) is 1.97. The van der Waals surface area contributed by atoms with Crippen LogP contribution in [-0.2, 0) is 4.74 Å². The summed E-state index contributed by atoms with van der Waals surface area (Å²) in [6.45, 7) is 7.49. The number of rotatable bonds is 8. The van der Waals surface area contributed by atoms with E-state index in [1.807, 2.05) is 0 Å². The van der Waals surface area contributed by atoms with Crippen LogP contribution in [0, 0.1) is 18.3 Å². The summed E-state index contributed by atoms with van der Waals surface area (Å²) < 4.78 is 5.54. The lowest BCUT2D eigenvalue weighted by molar-refractivity contribution is 0.0307. The van der Waals surface area contributed by atoms with Gasteiger partial charge in [-0.1, -0.05) is 20.8 Å². The van der Waals surface area contributed by atoms with Gasteiger partial charge in [0.25, 0.3) is 0 Å². The van der Waals surface area contributed by atoms with Gasteiger partial charge in [0, 0.05) is 19.6 Å². The van der Waals surface area contributed by atoms with Gasteiger partial charge in [0.2, 0.25) is 0 Å². The Morgan fingerprint density at radius 2 is 2.07 bits per heavy atom. The van der Waals surface area contributed by atoms with Crippen molar-refractivity contribution in [3.05, 3.63) is 0 Å². The zero-order chi connectivity index (χ0) is 11.7. The predicted octanol–water partition coefficient (Wildman–Crippen LogP) is 2.44. The molecule has 0 aliphatic rings. The average molecular weight is 211 g/mol. The van der Waals surface area contributed by atoms with Crippen molar-refractivity contribution in [2.75, 3.05) is 13.7 Å². The van der Waals surface area contributed by atoms with Crippen LogP contribution in [0.25, 0.3) is 0 Å². The molecule has 2 atom stereocenters. The number of terminal acetylenes is 1. The molecule has 0 aliphatic heterocycles. The fourth-order valence-electron chi connectivity index (χ4n) is 1.97. The normalized spacial score (nSPS) is 14.9. The number of hydrogen-bond acceptors (Lipinski definition) is 2. The second-order valence-electron chi connectivity index (χ2n) is 4.20. The molecule has 88 valence electrons. The molecule has 0 aromatic carbocycles. The van der Waals surface area contributed by atoms with Gasteiger partial charge in [-0.05, 0) is 25.3 Å². The highest BCUT2D eigenvalue weighted by Gasteiger charge is 2.22. The highest BCUT2D eigenvalue weighted by atomic mass is 16.5. The minimum Gasteiger partial charge on any atom is -0.380 e. The van der Waals surface area contributed by atoms with Gasteiger partial charge in [0.1, 0.15) is 0 Å². The maximum Gasteiger partial charge on any atom is 0.0747 e. The second kappa shape index (κ2) is 8.76. The van der Waals surface area contributed by atoms with Gasteiger partial charge < -0.3 is 10.1 Å². The molecular weight excluding hydrogens is 186 g/mol. The third kappa shape index (κ3) is 5.81. The Labute approximate surface area is 94.8 Å². The third-order valence-corrected chi connectivity index (χ3v) is 2.63. The quantitative estimate of drug-likeness (QED) is 0.492. The molecule has 2 nitrogen and oxygen atoms in total. The Morgan fingerprint density at radius 3 is 2.47 bits per heavy atom. The molecule has 2 heteroatoms. The van der Waals surface area contributed by atoms with E-state index in [-0.39, 0.29) is 6.10 Å². The lowest BCUT2D eigenvalue weighted by Gasteiger charge is -2.29. The molecule has 0 radical (unpaired) electrons. The monoisotopic (exact) mass is 211 g/mol. The summed E-state index contributed by atoms with van der Waals surface area (Å²) in [5, 5.41) is 3.48. The fraction of sp³-hybridized carbons (Fsp3) is 0.846. The molecule has 2 unspecified atom stereocenters. The molecule has 0 heterocycles. The van der Waals surface area contributed by atoms with Crippen LogP contribution in [0.4, 0.5) is 0 Å². The van der Waals surface area contributed by atoms with Crippen molar-refractivity contribution < 1.29 is 4.74 Å². The van der Waals surface area contributed by atoms with Gasteiger partial charge in [-0.3, -0.25) is 0 Å². The average Bonchev–Trinajstić information content (AvgIpc) is 2.18. The van der Waals surface area contributed by atoms with Crippen molar-refractivity contribution >= 4 is 0 Å². The van der Waals surface area contributed by atoms with E-state index >= 15 is 0 Å². The Morgan fingerprint density at radius 1 is 1.40 bits per heavy atom. The van der Waals surface area contributed by atoms with Crippen molar-refractivity contribution in [3.8, 4) is 12.3 Å². The Hall–Kier alpha value is -0.520. The third-order valence-electron chi connectivity index (χ3n) is 2.63. The van der Waals surface area contributed by atoms with Crippen molar-refractivity contribution in [1.82, 2.24) is 5.32 Å². The summed E-state index contributed by atoms with van der Waals surface area (Å²) >= 11 is 0. The van der Waals surface area contributed by atoms with E-state index in [4.69, 9.17) is 11.2 Å². The van der Waals surface area contributed by atoms with E-state index in [9.17, 15) is 0 Å². The molecule has 0 aromatic rings. The van der Waals surface area contributed by atoms with Crippen LogP contribution in [-0.4, -0.2) is 25.8 Å². The number of hydrogen-bond donors (Lipinski definition) is 1. The number of ether oxygens (including phenoxy) is 1. The summed E-state index contributed by atoms with van der Waals surface area (Å²) in [4.78, 5) is 0. The minimum absolute atomic E-state index is 0.280. The first kappa shape index (κ1) is 14.5. The van der Waals surface area contributed by atoms with E-state index in [0.29, 0.717) is 12.0 Å². The van der Waals surface area contributed by atoms with Gasteiger partial charge in [-0.2, -0.15) is 0 Å². The summed E-state index contributed by atoms with van der Waals surface area (Å²) in [6, 6.07) is 0.424. The van der Waals surface area contributed by atoms with Crippen molar-refractivity contribution in [1.29, 1.82) is 0 Å². The molecule has 0 rings (SSSR count). The number of methoxy groups -OCH3 is 1. The number of likely N-dealkylation sites (N-methyl/N-ethyl adjacent to an activating group) is 1. The molecule has 1 N–H and O–H groups in total. The van der Waals surface area contributed by atoms with Gasteiger partial charge in [-0.25, -0.2) is 0 Å². The van der Waals surface area contributed by atoms with Crippen molar-refractivity contribution in [3.63, 3.8) is 0 Å². The molecule has 0 amide bonds. The maximum atomic E-state index is 5.54. The zero-order valence-electron chi connectivity index (χ0n) is 10.5. The Kier molecular flexibility index (Phi) is 8.46. The van der Waals surface area contributed by atoms with E-state index in [1.54, 1.807) is 7.11 Å². The van der Waals surface area contributed by atoms with E-state index in [0.717, 1.165) is 25.8 Å². The van der Waals surface area contributed by atoms with E-state index in [1.165, 1.54) is 0 Å². The molecule has 0 saturated carbocycles. The van der Waals surface area contributed by atoms with Crippen LogP contribution in [0.1, 0.15) is 40.0 Å². The van der Waals surface area contributed by atoms with Crippen molar-refractivity contribution in [2.24, 2.45) is 5.92 Å². The molecule has 0 aromatic heterocycles. The van der Waals surface area contributed by atoms with Gasteiger partial charge >= 0.3 is 0 Å². The van der Waals surface area contributed by atoms with Crippen LogP contribution >= 0.6 is 0 Å². The number of nitrogens with one attached hydrogen (secondary N) is 1. The summed E-state index contributed by atoms with van der Waals surface area (Å²) in [6.07, 6.45) is 8.56. The largest absolute Gasteiger partial charge is 0.380 e. The number of unbranched alkanes of at least 4 members (excludes halogenated alkanes) is 1. The molecule has 0 aliphatic carbocycles. The van der Waals surface area contributed by atoms with Crippen LogP contribution < -0.4 is 5.32 Å². The van der Waals surface area contributed by atoms with Gasteiger partial charge in [0.05, 0.1) is 6.10 Å². The first-order valence-electron chi connectivity index (χ1n) is 5.87. The molecular formula is C13H25NO. The summed E-state index contributed by atoms with van der Waals surface area (Å²) in [5.74, 6) is 3.22. The zero-order valence-corrected chi connectivity index (χ0v) is 10.5. The lowest BCUT2D eigenvalue weighted by Crippen LogP contribution is -2.43. The minimum atomic E-state index is 0.280. The standard InChI is InChI=1S/C13H25NO/c1-6-8-9-10-12(14-7-2)13(15-5)11(3)4/h1,11-14H,7-10H2,2-5H3. The van der Waals surface area contributed by atoms with Crippen LogP contribution in [0.2, 0.25) is 0 Å². The molecule has 15 heavy (non-hydrogen) atoms. The smallest absolute Gasteiger partial charge is 0.0747 e. The highest BCUT2D eigenvalue weighted by Crippen LogP contribution is 2.15. The van der Waals surface area contributed by atoms with Gasteiger partial charge in [0.15, 0.2) is 0 Å². The van der Waals surface area contributed by atoms with Gasteiger partial charge in [-0.15, -0.1) is 12.3 Å². The first-order chi connectivity index (χ1) is 7.17. The van der Waals surface area contributed by atoms with Crippen LogP contribution in [0.5, 0.6) is 0 Å². The lowest BCUT2D eigenvalue weighted by atomic mass is 9.95. The Bertz CT molecular complexity index is 183. The second-order valence-corrected chi connectivity index (χ2v) is 4.20. The van der Waals surface area contributed by atoms with Crippen molar-refractivity contribution in [2.45, 2.75) is 52.2 Å². The molecule has 0 fully saturated rings. The van der Waals surface area contributed by atoms with Crippen LogP contribution in [0.3, 0.4) is 0 Å². The summed E-state index contributed by atoms with van der Waals surface area (Å²) in [5.41, 5.74) is 0. The molecule has 0 spiro atoms. The topological polar surface area (TPSA) is 21.3 Å². The summed E-state index contributed by atoms with van der Waals surface area (Å²) in [7, 11) is 1.79. The van der Waals surface area contributed by atoms with Crippen LogP contribution in [0.15, 0.2) is 0 Å². The Balaban J connectivity index is 4.15. The molecule has 0 saturated heterocycles. The molecule has 0 bridgehead atoms. The maximum absolute atomic E-state index is 5.54. The highest BCUT2D eigenvalue weighted by molar-refractivity contribution is 4.85. The van der Waals surface area contributed by atoms with E-state index in [2.05, 4.69) is 32.0 Å². The predicted molar refractivity (Wildman–Crippen MR) is 65.8 cm³/mol. The first-order valence-corrected chi connectivity index (χ1v) is 5.87. The van der Waals surface area contributed by atoms with E-state index < -0.39 is 0 Å².